The minimum Gasteiger partial charge on any atom is -0.297 e. The maximum absolute atomic E-state index is 11.4. The minimum atomic E-state index is -0.244. The first-order chi connectivity index (χ1) is 7.04. The Labute approximate surface area is 103 Å². The van der Waals surface area contributed by atoms with Gasteiger partial charge in [-0.2, -0.15) is 0 Å². The molecular formula is C10H14BrClN2O. The summed E-state index contributed by atoms with van der Waals surface area (Å²) in [4.78, 5) is 15.1. The van der Waals surface area contributed by atoms with Crippen LogP contribution in [0, 0.1) is 11.8 Å². The number of rotatable bonds is 4. The number of aromatic nitrogens is 2. The van der Waals surface area contributed by atoms with Crippen LogP contribution in [-0.4, -0.2) is 14.9 Å². The maximum Gasteiger partial charge on any atom is 0.347 e. The summed E-state index contributed by atoms with van der Waals surface area (Å²) < 4.78 is 1.56. The molecule has 0 aliphatic heterocycles. The van der Waals surface area contributed by atoms with Crippen LogP contribution in [0.4, 0.5) is 0 Å². The van der Waals surface area contributed by atoms with Gasteiger partial charge in [0.1, 0.15) is 0 Å². The highest BCUT2D eigenvalue weighted by Gasteiger charge is 2.13. The van der Waals surface area contributed by atoms with Gasteiger partial charge < -0.3 is 0 Å². The lowest BCUT2D eigenvalue weighted by Crippen LogP contribution is -2.28. The van der Waals surface area contributed by atoms with E-state index in [9.17, 15) is 4.79 Å². The van der Waals surface area contributed by atoms with Gasteiger partial charge in [0.15, 0.2) is 0 Å². The molecule has 0 aliphatic carbocycles. The second-order valence-corrected chi connectivity index (χ2v) is 4.95. The first kappa shape index (κ1) is 12.7. The van der Waals surface area contributed by atoms with E-state index >= 15 is 0 Å². The van der Waals surface area contributed by atoms with Gasteiger partial charge in [-0.25, -0.2) is 9.78 Å². The molecule has 1 aromatic heterocycles. The largest absolute Gasteiger partial charge is 0.347 e. The molecule has 0 fully saturated rings. The van der Waals surface area contributed by atoms with Crippen molar-refractivity contribution in [3.8, 4) is 0 Å². The van der Waals surface area contributed by atoms with E-state index in [4.69, 9.17) is 11.6 Å². The molecule has 5 heteroatoms. The van der Waals surface area contributed by atoms with Gasteiger partial charge in [0.25, 0.3) is 0 Å². The fourth-order valence-corrected chi connectivity index (χ4v) is 2.37. The number of hydrogen-bond donors (Lipinski definition) is 0. The fraction of sp³-hybridized carbons (Fsp3) is 0.600. The molecule has 1 aromatic rings. The first-order valence-electron chi connectivity index (χ1n) is 4.82. The van der Waals surface area contributed by atoms with Crippen molar-refractivity contribution in [2.45, 2.75) is 20.4 Å². The molecule has 1 heterocycles. The number of hydrogen-bond acceptors (Lipinski definition) is 2. The quantitative estimate of drug-likeness (QED) is 0.800. The lowest BCUT2D eigenvalue weighted by atomic mass is 9.98. The van der Waals surface area contributed by atoms with Crippen molar-refractivity contribution in [2.24, 2.45) is 11.8 Å². The van der Waals surface area contributed by atoms with E-state index < -0.39 is 0 Å². The Balaban J connectivity index is 2.87. The van der Waals surface area contributed by atoms with E-state index in [1.807, 2.05) is 0 Å². The van der Waals surface area contributed by atoms with Gasteiger partial charge in [-0.05, 0) is 11.8 Å². The highest BCUT2D eigenvalue weighted by molar-refractivity contribution is 9.09. The highest BCUT2D eigenvalue weighted by Crippen LogP contribution is 2.15. The zero-order valence-corrected chi connectivity index (χ0v) is 11.1. The van der Waals surface area contributed by atoms with Crippen molar-refractivity contribution < 1.29 is 0 Å². The normalized spacial score (nSPS) is 13.1. The molecule has 0 amide bonds. The second-order valence-electron chi connectivity index (χ2n) is 3.87. The van der Waals surface area contributed by atoms with Gasteiger partial charge in [-0.3, -0.25) is 4.57 Å². The lowest BCUT2D eigenvalue weighted by molar-refractivity contribution is 0.366. The molecule has 0 saturated heterocycles. The van der Waals surface area contributed by atoms with Gasteiger partial charge in [-0.1, -0.05) is 41.4 Å². The number of nitrogens with zero attached hydrogens (tertiary/aromatic N) is 2. The monoisotopic (exact) mass is 292 g/mol. The molecule has 0 aromatic carbocycles. The van der Waals surface area contributed by atoms with Crippen LogP contribution in [0.25, 0.3) is 0 Å². The summed E-state index contributed by atoms with van der Waals surface area (Å²) in [7, 11) is 0. The maximum atomic E-state index is 11.4. The molecular weight excluding hydrogens is 279 g/mol. The van der Waals surface area contributed by atoms with Crippen molar-refractivity contribution in [2.75, 3.05) is 5.33 Å². The minimum absolute atomic E-state index is 0.244. The molecule has 0 spiro atoms. The molecule has 15 heavy (non-hydrogen) atoms. The lowest BCUT2D eigenvalue weighted by Gasteiger charge is -2.18. The molecule has 1 rings (SSSR count). The summed E-state index contributed by atoms with van der Waals surface area (Å²) in [6, 6.07) is 0. The Kier molecular flexibility index (Phi) is 4.80. The molecule has 1 atom stereocenters. The average molecular weight is 294 g/mol. The van der Waals surface area contributed by atoms with Crippen molar-refractivity contribution in [1.82, 2.24) is 9.55 Å². The van der Waals surface area contributed by atoms with Crippen LogP contribution < -0.4 is 5.69 Å². The Morgan fingerprint density at radius 2 is 2.27 bits per heavy atom. The second kappa shape index (κ2) is 5.66. The van der Waals surface area contributed by atoms with Crippen LogP contribution in [-0.2, 0) is 6.54 Å². The van der Waals surface area contributed by atoms with Crippen molar-refractivity contribution in [3.63, 3.8) is 0 Å². The van der Waals surface area contributed by atoms with E-state index in [2.05, 4.69) is 34.8 Å². The van der Waals surface area contributed by atoms with Crippen LogP contribution in [0.1, 0.15) is 13.8 Å². The van der Waals surface area contributed by atoms with E-state index in [0.717, 1.165) is 5.33 Å². The molecule has 0 radical (unpaired) electrons. The topological polar surface area (TPSA) is 34.9 Å². The zero-order chi connectivity index (χ0) is 11.4. The number of alkyl halides is 1. The van der Waals surface area contributed by atoms with Gasteiger partial charge in [0.2, 0.25) is 0 Å². The van der Waals surface area contributed by atoms with Crippen LogP contribution in [0.2, 0.25) is 5.02 Å². The Morgan fingerprint density at radius 3 is 2.80 bits per heavy atom. The molecule has 84 valence electrons. The SMILES string of the molecule is CC(C)C(CBr)Cn1cc(Cl)cnc1=O. The average Bonchev–Trinajstić information content (AvgIpc) is 2.18. The fourth-order valence-electron chi connectivity index (χ4n) is 1.25. The molecule has 0 aliphatic rings. The summed E-state index contributed by atoms with van der Waals surface area (Å²) in [5, 5.41) is 1.36. The Bertz CT molecular complexity index is 378. The van der Waals surface area contributed by atoms with Gasteiger partial charge >= 0.3 is 5.69 Å². The first-order valence-corrected chi connectivity index (χ1v) is 6.32. The van der Waals surface area contributed by atoms with Crippen LogP contribution in [0.5, 0.6) is 0 Å². The van der Waals surface area contributed by atoms with Crippen LogP contribution in [0.15, 0.2) is 17.2 Å². The highest BCUT2D eigenvalue weighted by atomic mass is 79.9. The van der Waals surface area contributed by atoms with E-state index in [1.165, 1.54) is 6.20 Å². The summed E-state index contributed by atoms with van der Waals surface area (Å²) in [6.07, 6.45) is 3.01. The summed E-state index contributed by atoms with van der Waals surface area (Å²) in [5.41, 5.74) is -0.244. The third-order valence-electron chi connectivity index (χ3n) is 2.40. The third-order valence-corrected chi connectivity index (χ3v) is 3.42. The summed E-state index contributed by atoms with van der Waals surface area (Å²) in [6.45, 7) is 4.92. The van der Waals surface area contributed by atoms with E-state index in [0.29, 0.717) is 23.4 Å². The Hall–Kier alpha value is -0.350. The summed E-state index contributed by atoms with van der Waals surface area (Å²) >= 11 is 9.24. The smallest absolute Gasteiger partial charge is 0.297 e. The molecule has 0 N–H and O–H groups in total. The predicted molar refractivity (Wildman–Crippen MR) is 65.6 cm³/mol. The van der Waals surface area contributed by atoms with Crippen LogP contribution >= 0.6 is 27.5 Å². The predicted octanol–water partition coefficient (Wildman–Crippen LogP) is 2.56. The van der Waals surface area contributed by atoms with Crippen LogP contribution in [0.3, 0.4) is 0 Å². The summed E-state index contributed by atoms with van der Waals surface area (Å²) in [5.74, 6) is 0.915. The molecule has 1 unspecified atom stereocenters. The molecule has 3 nitrogen and oxygen atoms in total. The molecule has 0 saturated carbocycles. The number of halogens is 2. The zero-order valence-electron chi connectivity index (χ0n) is 8.78. The van der Waals surface area contributed by atoms with Crippen molar-refractivity contribution >= 4 is 27.5 Å². The Morgan fingerprint density at radius 1 is 1.60 bits per heavy atom. The van der Waals surface area contributed by atoms with Gasteiger partial charge in [0.05, 0.1) is 11.2 Å². The van der Waals surface area contributed by atoms with E-state index in [1.54, 1.807) is 10.8 Å². The molecule has 0 bridgehead atoms. The third kappa shape index (κ3) is 3.61. The van der Waals surface area contributed by atoms with Crippen molar-refractivity contribution in [1.29, 1.82) is 0 Å². The van der Waals surface area contributed by atoms with E-state index in [-0.39, 0.29) is 5.69 Å². The van der Waals surface area contributed by atoms with Crippen molar-refractivity contribution in [3.05, 3.63) is 27.9 Å². The van der Waals surface area contributed by atoms with Gasteiger partial charge in [0, 0.05) is 18.1 Å². The van der Waals surface area contributed by atoms with Gasteiger partial charge in [-0.15, -0.1) is 0 Å². The standard InChI is InChI=1S/C10H14BrClN2O/c1-7(2)8(3-11)5-14-6-9(12)4-13-10(14)15/h4,6-8H,3,5H2,1-2H3.